The first-order valence-electron chi connectivity index (χ1n) is 4.68. The quantitative estimate of drug-likeness (QED) is 0.618. The number of hydrogen-bond donors (Lipinski definition) is 2. The first-order chi connectivity index (χ1) is 6.02. The maximum absolute atomic E-state index is 11.4. The molecular weight excluding hydrogens is 166 g/mol. The number of carbonyl (C=O) groups excluding carboxylic acids is 1. The third-order valence-electron chi connectivity index (χ3n) is 2.27. The Labute approximate surface area is 79.7 Å². The van der Waals surface area contributed by atoms with E-state index in [0.717, 1.165) is 19.5 Å². The van der Waals surface area contributed by atoms with Crippen LogP contribution in [-0.2, 0) is 4.79 Å². The van der Waals surface area contributed by atoms with Crippen LogP contribution in [0.2, 0.25) is 0 Å². The Morgan fingerprint density at radius 1 is 1.62 bits per heavy atom. The number of likely N-dealkylation sites (N-methyl/N-ethyl adjacent to an activating group) is 1. The van der Waals surface area contributed by atoms with Crippen molar-refractivity contribution in [2.45, 2.75) is 18.9 Å². The zero-order valence-corrected chi connectivity index (χ0v) is 8.68. The van der Waals surface area contributed by atoms with Crippen LogP contribution in [-0.4, -0.2) is 50.1 Å². The molecule has 1 aliphatic heterocycles. The zero-order valence-electron chi connectivity index (χ0n) is 8.68. The standard InChI is InChI=1S/C9H19N3O/c1-9(4-5-10-7-9)11-8(13)6-12(2)3/h10H,4-7H2,1-3H3,(H,11,13). The molecule has 0 bridgehead atoms. The van der Waals surface area contributed by atoms with Crippen molar-refractivity contribution in [2.24, 2.45) is 0 Å². The van der Waals surface area contributed by atoms with Crippen LogP contribution in [0.5, 0.6) is 0 Å². The molecule has 0 aromatic carbocycles. The molecule has 4 nitrogen and oxygen atoms in total. The highest BCUT2D eigenvalue weighted by atomic mass is 16.2. The molecule has 0 aliphatic carbocycles. The van der Waals surface area contributed by atoms with E-state index >= 15 is 0 Å². The van der Waals surface area contributed by atoms with Gasteiger partial charge in [-0.05, 0) is 34.0 Å². The molecule has 1 amide bonds. The van der Waals surface area contributed by atoms with Crippen LogP contribution in [0, 0.1) is 0 Å². The average molecular weight is 185 g/mol. The van der Waals surface area contributed by atoms with Crippen molar-refractivity contribution >= 4 is 5.91 Å². The average Bonchev–Trinajstić information content (AvgIpc) is 2.33. The molecule has 1 saturated heterocycles. The third kappa shape index (κ3) is 3.32. The molecule has 1 heterocycles. The molecule has 13 heavy (non-hydrogen) atoms. The lowest BCUT2D eigenvalue weighted by Crippen LogP contribution is -2.50. The molecule has 1 rings (SSSR count). The normalized spacial score (nSPS) is 28.0. The van der Waals surface area contributed by atoms with Gasteiger partial charge in [0.15, 0.2) is 0 Å². The van der Waals surface area contributed by atoms with Gasteiger partial charge in [0.1, 0.15) is 0 Å². The molecule has 0 aromatic rings. The lowest BCUT2D eigenvalue weighted by molar-refractivity contribution is -0.123. The van der Waals surface area contributed by atoms with Gasteiger partial charge in [-0.2, -0.15) is 0 Å². The maximum Gasteiger partial charge on any atom is 0.234 e. The molecule has 1 unspecified atom stereocenters. The highest BCUT2D eigenvalue weighted by molar-refractivity contribution is 5.78. The first-order valence-corrected chi connectivity index (χ1v) is 4.68. The van der Waals surface area contributed by atoms with Crippen LogP contribution >= 0.6 is 0 Å². The van der Waals surface area contributed by atoms with Gasteiger partial charge in [0, 0.05) is 6.54 Å². The number of carbonyl (C=O) groups is 1. The fraction of sp³-hybridized carbons (Fsp3) is 0.889. The fourth-order valence-electron chi connectivity index (χ4n) is 1.59. The third-order valence-corrected chi connectivity index (χ3v) is 2.27. The van der Waals surface area contributed by atoms with Crippen LogP contribution in [0.25, 0.3) is 0 Å². The van der Waals surface area contributed by atoms with Gasteiger partial charge in [0.05, 0.1) is 12.1 Å². The minimum atomic E-state index is -0.0346. The molecule has 1 aliphatic rings. The van der Waals surface area contributed by atoms with Gasteiger partial charge in [-0.15, -0.1) is 0 Å². The van der Waals surface area contributed by atoms with Crippen LogP contribution in [0.15, 0.2) is 0 Å². The van der Waals surface area contributed by atoms with E-state index in [2.05, 4.69) is 17.6 Å². The van der Waals surface area contributed by atoms with Crippen LogP contribution in [0.4, 0.5) is 0 Å². The van der Waals surface area contributed by atoms with Gasteiger partial charge in [-0.3, -0.25) is 4.79 Å². The highest BCUT2D eigenvalue weighted by Gasteiger charge is 2.29. The summed E-state index contributed by atoms with van der Waals surface area (Å²) in [6, 6.07) is 0. The minimum absolute atomic E-state index is 0.0346. The Balaban J connectivity index is 2.34. The molecule has 4 heteroatoms. The lowest BCUT2D eigenvalue weighted by Gasteiger charge is -2.25. The van der Waals surface area contributed by atoms with E-state index in [1.165, 1.54) is 0 Å². The maximum atomic E-state index is 11.4. The summed E-state index contributed by atoms with van der Waals surface area (Å²) in [5, 5.41) is 6.29. The van der Waals surface area contributed by atoms with Crippen molar-refractivity contribution in [1.29, 1.82) is 0 Å². The molecular formula is C9H19N3O. The van der Waals surface area contributed by atoms with Crippen molar-refractivity contribution in [3.8, 4) is 0 Å². The smallest absolute Gasteiger partial charge is 0.234 e. The highest BCUT2D eigenvalue weighted by Crippen LogP contribution is 2.12. The van der Waals surface area contributed by atoms with Crippen LogP contribution in [0.3, 0.4) is 0 Å². The summed E-state index contributed by atoms with van der Waals surface area (Å²) in [4.78, 5) is 13.3. The zero-order chi connectivity index (χ0) is 9.90. The summed E-state index contributed by atoms with van der Waals surface area (Å²) in [6.07, 6.45) is 1.02. The summed E-state index contributed by atoms with van der Waals surface area (Å²) in [5.74, 6) is 0.108. The van der Waals surface area contributed by atoms with Crippen molar-refractivity contribution in [3.05, 3.63) is 0 Å². The predicted octanol–water partition coefficient (Wildman–Crippen LogP) is -0.584. The number of nitrogens with zero attached hydrogens (tertiary/aromatic N) is 1. The van der Waals surface area contributed by atoms with E-state index in [1.54, 1.807) is 0 Å². The Morgan fingerprint density at radius 2 is 2.31 bits per heavy atom. The van der Waals surface area contributed by atoms with Gasteiger partial charge < -0.3 is 15.5 Å². The molecule has 0 aromatic heterocycles. The van der Waals surface area contributed by atoms with Gasteiger partial charge in [-0.25, -0.2) is 0 Å². The molecule has 2 N–H and O–H groups in total. The molecule has 76 valence electrons. The Morgan fingerprint density at radius 3 is 2.77 bits per heavy atom. The first kappa shape index (κ1) is 10.5. The SMILES string of the molecule is CN(C)CC(=O)NC1(C)CCNC1. The van der Waals surface area contributed by atoms with Crippen molar-refractivity contribution in [3.63, 3.8) is 0 Å². The van der Waals surface area contributed by atoms with Gasteiger partial charge in [0.2, 0.25) is 5.91 Å². The van der Waals surface area contributed by atoms with Gasteiger partial charge in [-0.1, -0.05) is 0 Å². The molecule has 1 fully saturated rings. The largest absolute Gasteiger partial charge is 0.349 e. The number of amides is 1. The fourth-order valence-corrected chi connectivity index (χ4v) is 1.59. The van der Waals surface area contributed by atoms with Gasteiger partial charge in [0.25, 0.3) is 0 Å². The van der Waals surface area contributed by atoms with Crippen molar-refractivity contribution in [2.75, 3.05) is 33.7 Å². The lowest BCUT2D eigenvalue weighted by atomic mass is 10.0. The number of rotatable bonds is 3. The summed E-state index contributed by atoms with van der Waals surface area (Å²) >= 11 is 0. The second kappa shape index (κ2) is 4.07. The summed E-state index contributed by atoms with van der Waals surface area (Å²) < 4.78 is 0. The molecule has 0 spiro atoms. The van der Waals surface area contributed by atoms with E-state index in [1.807, 2.05) is 19.0 Å². The van der Waals surface area contributed by atoms with Crippen molar-refractivity contribution < 1.29 is 4.79 Å². The summed E-state index contributed by atoms with van der Waals surface area (Å²) in [5.41, 5.74) is -0.0346. The van der Waals surface area contributed by atoms with E-state index in [9.17, 15) is 4.79 Å². The topological polar surface area (TPSA) is 44.4 Å². The Kier molecular flexibility index (Phi) is 3.27. The summed E-state index contributed by atoms with van der Waals surface area (Å²) in [6.45, 7) is 4.43. The Hall–Kier alpha value is -0.610. The molecule has 1 atom stereocenters. The number of hydrogen-bond acceptors (Lipinski definition) is 3. The van der Waals surface area contributed by atoms with Crippen LogP contribution in [0.1, 0.15) is 13.3 Å². The summed E-state index contributed by atoms with van der Waals surface area (Å²) in [7, 11) is 3.80. The second-order valence-corrected chi connectivity index (χ2v) is 4.27. The van der Waals surface area contributed by atoms with E-state index in [0.29, 0.717) is 6.54 Å². The Bertz CT molecular complexity index is 185. The van der Waals surface area contributed by atoms with E-state index < -0.39 is 0 Å². The van der Waals surface area contributed by atoms with E-state index in [4.69, 9.17) is 0 Å². The van der Waals surface area contributed by atoms with Crippen LogP contribution < -0.4 is 10.6 Å². The monoisotopic (exact) mass is 185 g/mol. The van der Waals surface area contributed by atoms with Gasteiger partial charge >= 0.3 is 0 Å². The second-order valence-electron chi connectivity index (χ2n) is 4.27. The predicted molar refractivity (Wildman–Crippen MR) is 52.6 cm³/mol. The number of nitrogens with one attached hydrogen (secondary N) is 2. The minimum Gasteiger partial charge on any atom is -0.349 e. The van der Waals surface area contributed by atoms with Crippen molar-refractivity contribution in [1.82, 2.24) is 15.5 Å². The molecule has 0 radical (unpaired) electrons. The molecule has 0 saturated carbocycles. The van der Waals surface area contributed by atoms with E-state index in [-0.39, 0.29) is 11.4 Å².